The monoisotopic (exact) mass is 670 g/mol. The van der Waals surface area contributed by atoms with E-state index in [9.17, 15) is 0 Å². The summed E-state index contributed by atoms with van der Waals surface area (Å²) in [5.41, 5.74) is 12.5. The van der Waals surface area contributed by atoms with Crippen molar-refractivity contribution in [3.63, 3.8) is 0 Å². The largest absolute Gasteiger partial charge is 0.228 e. The average Bonchev–Trinajstić information content (AvgIpc) is 3.44. The minimum Gasteiger partial charge on any atom is -0.228 e. The van der Waals surface area contributed by atoms with Crippen molar-refractivity contribution in [2.75, 3.05) is 0 Å². The van der Waals surface area contributed by atoms with E-state index < -0.39 is 8.07 Å². The molecule has 51 heavy (non-hydrogen) atoms. The maximum absolute atomic E-state index is 5.34. The summed E-state index contributed by atoms with van der Waals surface area (Å²) in [6.45, 7) is 4.84. The van der Waals surface area contributed by atoms with Gasteiger partial charge in [-0.05, 0) is 45.3 Å². The van der Waals surface area contributed by atoms with E-state index in [0.717, 1.165) is 67.5 Å². The molecule has 6 aromatic carbocycles. The minimum atomic E-state index is -2.02. The van der Waals surface area contributed by atoms with Gasteiger partial charge in [-0.15, -0.1) is 0 Å². The molecule has 0 unspecified atom stereocenters. The van der Waals surface area contributed by atoms with Gasteiger partial charge in [-0.25, -0.2) is 19.9 Å². The lowest BCUT2D eigenvalue weighted by molar-refractivity contribution is 1.18. The molecule has 0 N–H and O–H groups in total. The van der Waals surface area contributed by atoms with Crippen molar-refractivity contribution in [1.29, 1.82) is 0 Å². The molecular formula is C46H34N4Si. The van der Waals surface area contributed by atoms with Crippen LogP contribution >= 0.6 is 0 Å². The normalized spacial score (nSPS) is 12.7. The summed E-state index contributed by atoms with van der Waals surface area (Å²) in [6.07, 6.45) is 0. The Kier molecular flexibility index (Phi) is 7.56. The Hall–Kier alpha value is -6.30. The van der Waals surface area contributed by atoms with Gasteiger partial charge < -0.3 is 0 Å². The first kappa shape index (κ1) is 30.7. The van der Waals surface area contributed by atoms with Crippen molar-refractivity contribution in [1.82, 2.24) is 19.9 Å². The molecule has 0 spiro atoms. The van der Waals surface area contributed by atoms with Gasteiger partial charge >= 0.3 is 0 Å². The third-order valence-corrected chi connectivity index (χ3v) is 13.4. The second-order valence-corrected chi connectivity index (χ2v) is 17.8. The fourth-order valence-electron chi connectivity index (χ4n) is 7.32. The predicted molar refractivity (Wildman–Crippen MR) is 212 cm³/mol. The highest BCUT2D eigenvalue weighted by molar-refractivity contribution is 7.04. The van der Waals surface area contributed by atoms with E-state index in [1.54, 1.807) is 0 Å². The molecule has 0 bridgehead atoms. The molecule has 5 heteroatoms. The first-order chi connectivity index (χ1) is 25.0. The fraction of sp³-hybridized carbons (Fsp3) is 0.0435. The van der Waals surface area contributed by atoms with Crippen LogP contribution in [-0.2, 0) is 0 Å². The number of benzene rings is 6. The SMILES string of the molecule is C[Si]1(C)c2ccccc2-c2nc(-c3cccc(-c4cccc(-c5nc(-c6ccccc6)cc(-c6ccccc6)n5)c4)c3)nc(-c3ccccc3)c21. The zero-order chi connectivity index (χ0) is 34.4. The summed E-state index contributed by atoms with van der Waals surface area (Å²) in [5, 5.41) is 2.73. The Bertz CT molecular complexity index is 2490. The summed E-state index contributed by atoms with van der Waals surface area (Å²) >= 11 is 0. The van der Waals surface area contributed by atoms with Crippen molar-refractivity contribution >= 4 is 18.4 Å². The van der Waals surface area contributed by atoms with Gasteiger partial charge in [0.25, 0.3) is 0 Å². The molecular weight excluding hydrogens is 637 g/mol. The molecule has 1 aliphatic rings. The quantitative estimate of drug-likeness (QED) is 0.165. The van der Waals surface area contributed by atoms with Crippen LogP contribution in [0.2, 0.25) is 13.1 Å². The Morgan fingerprint density at radius 2 is 0.784 bits per heavy atom. The lowest BCUT2D eigenvalue weighted by Crippen LogP contribution is -2.50. The van der Waals surface area contributed by atoms with Crippen molar-refractivity contribution in [2.24, 2.45) is 0 Å². The van der Waals surface area contributed by atoms with Crippen molar-refractivity contribution in [2.45, 2.75) is 13.1 Å². The molecule has 0 radical (unpaired) electrons. The van der Waals surface area contributed by atoms with Gasteiger partial charge in [0.05, 0.1) is 22.8 Å². The van der Waals surface area contributed by atoms with E-state index in [1.807, 2.05) is 36.4 Å². The van der Waals surface area contributed by atoms with Crippen molar-refractivity contribution in [3.8, 4) is 78.9 Å². The summed E-state index contributed by atoms with van der Waals surface area (Å²) in [5.74, 6) is 1.42. The Labute approximate surface area is 299 Å². The molecule has 0 fully saturated rings. The van der Waals surface area contributed by atoms with Crippen LogP contribution < -0.4 is 10.4 Å². The van der Waals surface area contributed by atoms with E-state index in [-0.39, 0.29) is 0 Å². The van der Waals surface area contributed by atoms with Crippen molar-refractivity contribution < 1.29 is 0 Å². The van der Waals surface area contributed by atoms with Gasteiger partial charge in [0, 0.05) is 27.8 Å². The first-order valence-electron chi connectivity index (χ1n) is 17.3. The van der Waals surface area contributed by atoms with E-state index in [1.165, 1.54) is 15.9 Å². The van der Waals surface area contributed by atoms with E-state index in [4.69, 9.17) is 19.9 Å². The van der Waals surface area contributed by atoms with Crippen LogP contribution in [0.3, 0.4) is 0 Å². The van der Waals surface area contributed by atoms with Crippen LogP contribution in [0.25, 0.3) is 78.9 Å². The highest BCUT2D eigenvalue weighted by Crippen LogP contribution is 2.35. The average molecular weight is 671 g/mol. The predicted octanol–water partition coefficient (Wildman–Crippen LogP) is 10.1. The number of rotatable bonds is 6. The van der Waals surface area contributed by atoms with Crippen LogP contribution in [0, 0.1) is 0 Å². The molecule has 0 saturated heterocycles. The van der Waals surface area contributed by atoms with Crippen LogP contribution in [0.4, 0.5) is 0 Å². The molecule has 0 saturated carbocycles. The Morgan fingerprint density at radius 3 is 1.35 bits per heavy atom. The molecule has 3 heterocycles. The number of aromatic nitrogens is 4. The second-order valence-electron chi connectivity index (χ2n) is 13.5. The van der Waals surface area contributed by atoms with Gasteiger partial charge in [0.15, 0.2) is 11.6 Å². The molecule has 1 aliphatic heterocycles. The third-order valence-electron chi connectivity index (χ3n) is 9.88. The second kappa shape index (κ2) is 12.5. The van der Waals surface area contributed by atoms with Gasteiger partial charge in [0.2, 0.25) is 0 Å². The number of hydrogen-bond donors (Lipinski definition) is 0. The Balaban J connectivity index is 1.15. The van der Waals surface area contributed by atoms with E-state index >= 15 is 0 Å². The minimum absolute atomic E-state index is 0.688. The van der Waals surface area contributed by atoms with Crippen LogP contribution in [-0.4, -0.2) is 28.0 Å². The van der Waals surface area contributed by atoms with Gasteiger partial charge in [0.1, 0.15) is 8.07 Å². The molecule has 0 amide bonds. The molecule has 4 nitrogen and oxygen atoms in total. The molecule has 8 aromatic rings. The molecule has 0 aliphatic carbocycles. The Morgan fingerprint density at radius 1 is 0.353 bits per heavy atom. The lowest BCUT2D eigenvalue weighted by atomic mass is 10.00. The fourth-order valence-corrected chi connectivity index (χ4v) is 10.5. The van der Waals surface area contributed by atoms with Crippen LogP contribution in [0.1, 0.15) is 0 Å². The van der Waals surface area contributed by atoms with Crippen molar-refractivity contribution in [3.05, 3.63) is 170 Å². The first-order valence-corrected chi connectivity index (χ1v) is 20.3. The summed E-state index contributed by atoms with van der Waals surface area (Å²) in [7, 11) is -2.02. The van der Waals surface area contributed by atoms with Gasteiger partial charge in [-0.2, -0.15) is 0 Å². The maximum atomic E-state index is 5.34. The standard InChI is InChI=1S/C46H34N4Si/c1-51(2)41-27-13-12-26-38(41)43-44(51)42(33-20-10-5-11-21-33)49-46(50-43)37-25-15-23-35(29-37)34-22-14-24-36(28-34)45-47-39(31-16-6-3-7-17-31)30-40(48-45)32-18-8-4-9-19-32/h3-30H,1-2H3. The lowest BCUT2D eigenvalue weighted by Gasteiger charge is -2.21. The van der Waals surface area contributed by atoms with Crippen LogP contribution in [0.15, 0.2) is 170 Å². The highest BCUT2D eigenvalue weighted by Gasteiger charge is 2.41. The van der Waals surface area contributed by atoms with E-state index in [0.29, 0.717) is 5.82 Å². The summed E-state index contributed by atoms with van der Waals surface area (Å²) < 4.78 is 0. The zero-order valence-electron chi connectivity index (χ0n) is 28.5. The van der Waals surface area contributed by atoms with Gasteiger partial charge in [-0.3, -0.25) is 0 Å². The molecule has 242 valence electrons. The van der Waals surface area contributed by atoms with E-state index in [2.05, 4.69) is 147 Å². The molecule has 2 aromatic heterocycles. The third kappa shape index (κ3) is 5.58. The highest BCUT2D eigenvalue weighted by atomic mass is 28.3. The molecule has 9 rings (SSSR count). The summed E-state index contributed by atoms with van der Waals surface area (Å²) in [4.78, 5) is 20.8. The topological polar surface area (TPSA) is 51.6 Å². The zero-order valence-corrected chi connectivity index (χ0v) is 29.5. The van der Waals surface area contributed by atoms with Crippen LogP contribution in [0.5, 0.6) is 0 Å². The number of nitrogens with zero attached hydrogens (tertiary/aromatic N) is 4. The van der Waals surface area contributed by atoms with Gasteiger partial charge in [-0.1, -0.05) is 165 Å². The number of fused-ring (bicyclic) bond motifs is 3. The summed E-state index contributed by atoms with van der Waals surface area (Å²) in [6, 6.07) is 59.1. The molecule has 0 atom stereocenters. The smallest absolute Gasteiger partial charge is 0.160 e. The number of hydrogen-bond acceptors (Lipinski definition) is 4. The maximum Gasteiger partial charge on any atom is 0.160 e.